The van der Waals surface area contributed by atoms with Crippen LogP contribution in [0, 0.1) is 49.4 Å². The zero-order chi connectivity index (χ0) is 14.8. The minimum absolute atomic E-state index is 0. The molecule has 0 bridgehead atoms. The van der Waals surface area contributed by atoms with Crippen LogP contribution in [0.15, 0.2) is 48.5 Å². The van der Waals surface area contributed by atoms with E-state index in [4.69, 9.17) is 25.7 Å². The Morgan fingerprint density at radius 1 is 0.571 bits per heavy atom. The molecular formula is C20H10Pt. The molecule has 0 saturated carbocycles. The Morgan fingerprint density at radius 2 is 0.810 bits per heavy atom. The van der Waals surface area contributed by atoms with Crippen molar-refractivity contribution in [1.82, 2.24) is 0 Å². The molecule has 0 fully saturated rings. The summed E-state index contributed by atoms with van der Waals surface area (Å²) in [4.78, 5) is 0. The molecule has 0 aliphatic rings. The Labute approximate surface area is 141 Å². The predicted octanol–water partition coefficient (Wildman–Crippen LogP) is 3.21. The van der Waals surface area contributed by atoms with E-state index in [0.29, 0.717) is 0 Å². The second-order valence-electron chi connectivity index (χ2n) is 3.69. The van der Waals surface area contributed by atoms with Crippen molar-refractivity contribution in [3.63, 3.8) is 0 Å². The molecule has 1 heteroatoms. The topological polar surface area (TPSA) is 0 Å². The second kappa shape index (κ2) is 10.2. The van der Waals surface area contributed by atoms with Gasteiger partial charge in [0.05, 0.1) is 0 Å². The van der Waals surface area contributed by atoms with Crippen molar-refractivity contribution >= 4 is 0 Å². The standard InChI is InChI=1S/2C10H5.Pt/c2*1-3-9-5-7-10(4-2)8-6-9;/h2*1,5-8H;/q2*-1;+2. The average molecular weight is 445 g/mol. The van der Waals surface area contributed by atoms with Gasteiger partial charge in [-0.25, -0.2) is 0 Å². The molecule has 0 aromatic heterocycles. The van der Waals surface area contributed by atoms with Gasteiger partial charge in [-0.1, -0.05) is 36.1 Å². The molecule has 0 radical (unpaired) electrons. The minimum atomic E-state index is 0. The van der Waals surface area contributed by atoms with E-state index in [2.05, 4.69) is 23.7 Å². The van der Waals surface area contributed by atoms with E-state index < -0.39 is 0 Å². The Kier molecular flexibility index (Phi) is 8.91. The second-order valence-corrected chi connectivity index (χ2v) is 3.69. The third-order valence-electron chi connectivity index (χ3n) is 2.39. The van der Waals surface area contributed by atoms with Crippen molar-refractivity contribution in [3.8, 4) is 36.5 Å². The van der Waals surface area contributed by atoms with Crippen LogP contribution < -0.4 is 0 Å². The van der Waals surface area contributed by atoms with Crippen LogP contribution in [0.5, 0.6) is 0 Å². The first-order valence-electron chi connectivity index (χ1n) is 5.72. The Morgan fingerprint density at radius 3 is 1.00 bits per heavy atom. The van der Waals surface area contributed by atoms with Crippen LogP contribution in [0.3, 0.4) is 0 Å². The Balaban J connectivity index is 0.000000364. The molecule has 0 amide bonds. The summed E-state index contributed by atoms with van der Waals surface area (Å²) >= 11 is 0. The van der Waals surface area contributed by atoms with Gasteiger partial charge >= 0.3 is 21.1 Å². The molecule has 21 heavy (non-hydrogen) atoms. The number of benzene rings is 2. The molecule has 0 aliphatic heterocycles. The molecule has 0 nitrogen and oxygen atoms in total. The fourth-order valence-electron chi connectivity index (χ4n) is 1.30. The maximum absolute atomic E-state index is 6.77. The van der Waals surface area contributed by atoms with Crippen molar-refractivity contribution in [3.05, 3.63) is 83.6 Å². The average Bonchev–Trinajstić information content (AvgIpc) is 2.55. The quantitative estimate of drug-likeness (QED) is 0.432. The number of hydrogen-bond acceptors (Lipinski definition) is 0. The van der Waals surface area contributed by atoms with E-state index in [9.17, 15) is 0 Å². The summed E-state index contributed by atoms with van der Waals surface area (Å²) in [5.74, 6) is 9.50. The van der Waals surface area contributed by atoms with Crippen molar-refractivity contribution in [2.24, 2.45) is 0 Å². The smallest absolute Gasteiger partial charge is 0.366 e. The van der Waals surface area contributed by atoms with E-state index in [-0.39, 0.29) is 21.1 Å². The summed E-state index contributed by atoms with van der Waals surface area (Å²) in [5.41, 5.74) is 3.16. The molecule has 2 aromatic carbocycles. The molecule has 0 unspecified atom stereocenters. The van der Waals surface area contributed by atoms with Crippen LogP contribution in [-0.4, -0.2) is 0 Å². The van der Waals surface area contributed by atoms with E-state index in [1.165, 1.54) is 0 Å². The van der Waals surface area contributed by atoms with Crippen LogP contribution in [0.25, 0.3) is 0 Å². The summed E-state index contributed by atoms with van der Waals surface area (Å²) in [6, 6.07) is 14.2. The number of terminal acetylenes is 2. The maximum Gasteiger partial charge on any atom is 2.00 e. The fourth-order valence-corrected chi connectivity index (χ4v) is 1.30. The van der Waals surface area contributed by atoms with E-state index in [1.54, 1.807) is 48.5 Å². The summed E-state index contributed by atoms with van der Waals surface area (Å²) in [6.07, 6.45) is 23.8. The normalized spacial score (nSPS) is 7.43. The third kappa shape index (κ3) is 6.37. The number of rotatable bonds is 0. The van der Waals surface area contributed by atoms with Crippen molar-refractivity contribution < 1.29 is 21.1 Å². The summed E-state index contributed by atoms with van der Waals surface area (Å²) < 4.78 is 0. The zero-order valence-electron chi connectivity index (χ0n) is 11.1. The van der Waals surface area contributed by atoms with Crippen LogP contribution in [-0.2, 0) is 21.1 Å². The molecule has 0 heterocycles. The maximum atomic E-state index is 6.77. The molecule has 100 valence electrons. The molecule has 2 rings (SSSR count). The Bertz CT molecular complexity index is 588. The molecule has 0 saturated heterocycles. The number of hydrogen-bond donors (Lipinski definition) is 0. The van der Waals surface area contributed by atoms with Crippen LogP contribution in [0.2, 0.25) is 0 Å². The van der Waals surface area contributed by atoms with E-state index in [1.807, 2.05) is 0 Å². The summed E-state index contributed by atoms with van der Waals surface area (Å²) in [7, 11) is 0. The van der Waals surface area contributed by atoms with Gasteiger partial charge in [-0.3, -0.25) is 11.8 Å². The predicted molar refractivity (Wildman–Crippen MR) is 81.2 cm³/mol. The first-order valence-corrected chi connectivity index (χ1v) is 5.72. The van der Waals surface area contributed by atoms with Crippen LogP contribution >= 0.6 is 0 Å². The molecule has 0 spiro atoms. The molecule has 0 N–H and O–H groups in total. The first-order chi connectivity index (χ1) is 9.73. The fraction of sp³-hybridized carbons (Fsp3) is 0. The van der Waals surface area contributed by atoms with Crippen molar-refractivity contribution in [2.75, 3.05) is 0 Å². The van der Waals surface area contributed by atoms with Gasteiger partial charge in [-0.2, -0.15) is 0 Å². The van der Waals surface area contributed by atoms with Gasteiger partial charge in [0.1, 0.15) is 0 Å². The van der Waals surface area contributed by atoms with Crippen LogP contribution in [0.1, 0.15) is 22.3 Å². The van der Waals surface area contributed by atoms with Gasteiger partial charge in [0, 0.05) is 11.1 Å². The van der Waals surface area contributed by atoms with Crippen LogP contribution in [0.4, 0.5) is 0 Å². The largest absolute Gasteiger partial charge is 2.00 e. The van der Waals surface area contributed by atoms with Gasteiger partial charge in [-0.05, 0) is 0 Å². The summed E-state index contributed by atoms with van der Waals surface area (Å²) in [5, 5.41) is 0. The molecule has 0 atom stereocenters. The monoisotopic (exact) mass is 445 g/mol. The Hall–Kier alpha value is -2.63. The van der Waals surface area contributed by atoms with Gasteiger partial charge in [0.25, 0.3) is 0 Å². The van der Waals surface area contributed by atoms with Gasteiger partial charge in [0.15, 0.2) is 0 Å². The first kappa shape index (κ1) is 18.4. The van der Waals surface area contributed by atoms with Gasteiger partial charge in [0.2, 0.25) is 0 Å². The van der Waals surface area contributed by atoms with Gasteiger partial charge in [-0.15, -0.1) is 48.2 Å². The molecular weight excluding hydrogens is 435 g/mol. The van der Waals surface area contributed by atoms with Crippen molar-refractivity contribution in [2.45, 2.75) is 0 Å². The summed E-state index contributed by atoms with van der Waals surface area (Å²) in [6.45, 7) is 0. The van der Waals surface area contributed by atoms with E-state index in [0.717, 1.165) is 22.3 Å². The van der Waals surface area contributed by atoms with Gasteiger partial charge < -0.3 is 12.8 Å². The minimum Gasteiger partial charge on any atom is -0.366 e. The zero-order valence-corrected chi connectivity index (χ0v) is 13.4. The van der Waals surface area contributed by atoms with Crippen molar-refractivity contribution in [1.29, 1.82) is 0 Å². The molecule has 0 aliphatic carbocycles. The third-order valence-corrected chi connectivity index (χ3v) is 2.39. The molecule has 2 aromatic rings. The SMILES string of the molecule is [C-]#Cc1ccc(C#C)cc1.[C-]#Cc1ccc(C#C)cc1.[Pt+2]. The van der Waals surface area contributed by atoms with E-state index >= 15 is 0 Å².